The monoisotopic (exact) mass is 1000 g/mol. The van der Waals surface area contributed by atoms with Crippen LogP contribution in [0.1, 0.15) is 201 Å². The van der Waals surface area contributed by atoms with E-state index in [0.29, 0.717) is 45.9 Å². The van der Waals surface area contributed by atoms with E-state index < -0.39 is 0 Å². The van der Waals surface area contributed by atoms with Gasteiger partial charge in [-0.1, -0.05) is 199 Å². The van der Waals surface area contributed by atoms with Gasteiger partial charge in [0, 0.05) is 49.2 Å². The summed E-state index contributed by atoms with van der Waals surface area (Å²) in [6.45, 7) is 13.5. The number of carbonyl (C=O) groups is 2. The smallest absolute Gasteiger partial charge is 0.307 e. The van der Waals surface area contributed by atoms with Crippen LogP contribution < -0.4 is 0 Å². The maximum absolute atomic E-state index is 12.8. The molecule has 2 unspecified atom stereocenters. The molecule has 376 valence electrons. The lowest BCUT2D eigenvalue weighted by atomic mass is 9.96. The summed E-state index contributed by atoms with van der Waals surface area (Å²) in [5.74, 6) is 5.17. The molecule has 0 saturated heterocycles. The molecule has 0 saturated carbocycles. The van der Waals surface area contributed by atoms with Gasteiger partial charge in [0.2, 0.25) is 0 Å². The molecule has 0 heterocycles. The van der Waals surface area contributed by atoms with Gasteiger partial charge >= 0.3 is 11.9 Å². The Bertz CT molecular complexity index is 896. The topological polar surface area (TPSA) is 99.5 Å². The third kappa shape index (κ3) is 46.4. The first kappa shape index (κ1) is 63.9. The minimum atomic E-state index is -0.202. The molecule has 0 aliphatic rings. The highest BCUT2D eigenvalue weighted by molar-refractivity contribution is 9.09. The second kappa shape index (κ2) is 52.3. The largest absolute Gasteiger partial charge is 0.465 e. The molecule has 0 radical (unpaired) electrons. The summed E-state index contributed by atoms with van der Waals surface area (Å²) in [5, 5.41) is 18.8. The molecule has 63 heavy (non-hydrogen) atoms. The van der Waals surface area contributed by atoms with Crippen molar-refractivity contribution in [1.82, 2.24) is 9.80 Å². The van der Waals surface area contributed by atoms with Crippen LogP contribution in [0.4, 0.5) is 0 Å². The van der Waals surface area contributed by atoms with Crippen molar-refractivity contribution in [2.45, 2.75) is 201 Å². The Kier molecular flexibility index (Phi) is 53.0. The number of hydrogen-bond donors (Lipinski definition) is 2. The Balaban J connectivity index is 4.61. The van der Waals surface area contributed by atoms with Crippen LogP contribution in [-0.2, 0) is 19.1 Å². The number of aliphatic hydroxyl groups is 2. The molecule has 0 spiro atoms. The third-order valence-corrected chi connectivity index (χ3v) is 20.3. The molecular weight excluding hydrogens is 905 g/mol. The molecule has 0 aromatic carbocycles. The zero-order valence-corrected chi connectivity index (χ0v) is 45.9. The first-order chi connectivity index (χ1) is 30.9. The Morgan fingerprint density at radius 1 is 0.429 bits per heavy atom. The van der Waals surface area contributed by atoms with Gasteiger partial charge in [-0.15, -0.1) is 0 Å². The maximum Gasteiger partial charge on any atom is 0.307 e. The van der Waals surface area contributed by atoms with Gasteiger partial charge in [0.1, 0.15) is 13.2 Å². The number of aliphatic hydroxyl groups excluding tert-OH is 2. The minimum absolute atomic E-state index is 0.0458. The van der Waals surface area contributed by atoms with E-state index in [0.717, 1.165) is 36.3 Å². The van der Waals surface area contributed by atoms with E-state index in [4.69, 9.17) is 9.47 Å². The average Bonchev–Trinajstić information content (AvgIpc) is 3.28. The molecule has 2 N–H and O–H groups in total. The van der Waals surface area contributed by atoms with Crippen LogP contribution in [0.5, 0.6) is 0 Å². The van der Waals surface area contributed by atoms with E-state index in [1.165, 1.54) is 166 Å². The summed E-state index contributed by atoms with van der Waals surface area (Å²) in [4.78, 5) is 29.7. The molecule has 0 fully saturated rings. The highest BCUT2D eigenvalue weighted by Gasteiger charge is 2.15. The van der Waals surface area contributed by atoms with Crippen molar-refractivity contribution in [2.24, 2.45) is 11.8 Å². The van der Waals surface area contributed by atoms with Crippen LogP contribution in [0, 0.1) is 11.8 Å². The van der Waals surface area contributed by atoms with Crippen molar-refractivity contribution in [3.8, 4) is 0 Å². The predicted molar refractivity (Wildman–Crippen MR) is 288 cm³/mol. The Morgan fingerprint density at radius 2 is 0.762 bits per heavy atom. The summed E-state index contributed by atoms with van der Waals surface area (Å²) in [5.41, 5.74) is 0. The first-order valence-electron chi connectivity index (χ1n) is 25.7. The Morgan fingerprint density at radius 3 is 1.13 bits per heavy atom. The van der Waals surface area contributed by atoms with E-state index >= 15 is 0 Å². The maximum atomic E-state index is 12.8. The molecule has 14 heteroatoms. The minimum Gasteiger partial charge on any atom is -0.465 e. The average molecular weight is 1000 g/mol. The molecule has 0 amide bonds. The van der Waals surface area contributed by atoms with Gasteiger partial charge in [0.15, 0.2) is 0 Å². The third-order valence-electron chi connectivity index (χ3n) is 11.6. The Hall–Kier alpha value is 0.880. The summed E-state index contributed by atoms with van der Waals surface area (Å²) >= 11 is 0. The number of ether oxygens (including phenoxy) is 2. The molecule has 0 bridgehead atoms. The number of esters is 2. The predicted octanol–water partition coefficient (Wildman–Crippen LogP) is 14.6. The van der Waals surface area contributed by atoms with E-state index in [-0.39, 0.29) is 38.0 Å². The molecular formula is C49H98N2O6S6. The summed E-state index contributed by atoms with van der Waals surface area (Å²) in [6.07, 6.45) is 33.8. The summed E-state index contributed by atoms with van der Waals surface area (Å²) in [6, 6.07) is 0. The molecule has 0 aromatic rings. The van der Waals surface area contributed by atoms with Crippen molar-refractivity contribution in [3.05, 3.63) is 0 Å². The van der Waals surface area contributed by atoms with Crippen LogP contribution >= 0.6 is 62.8 Å². The second-order valence-electron chi connectivity index (χ2n) is 17.3. The lowest BCUT2D eigenvalue weighted by Crippen LogP contribution is -2.35. The van der Waals surface area contributed by atoms with E-state index in [9.17, 15) is 19.8 Å². The standard InChI is InChI=1S/C49H98N2O6S6/c1-5-9-13-17-19-23-28-46(26-21-15-11-7-3)44-60-62-58-42-40-56-48(54)30-34-50(32-25-33-51(36-38-52)37-39-53)35-31-49(55)57-41-43-59-63-61-45-47(27-22-16-12-8-4)29-24-20-18-14-10-6-2/h46-47,52-53H,5-45H2,1-4H3. The number of carbonyl (C=O) groups excluding carboxylic acids is 2. The second-order valence-corrected chi connectivity index (χ2v) is 26.1. The number of hydrogen-bond acceptors (Lipinski definition) is 14. The van der Waals surface area contributed by atoms with Crippen LogP contribution in [-0.4, -0.2) is 121 Å². The molecule has 0 aliphatic carbocycles. The number of unbranched alkanes of at least 4 members (excludes halogenated alkanes) is 16. The molecule has 2 atom stereocenters. The van der Waals surface area contributed by atoms with Crippen LogP contribution in [0.3, 0.4) is 0 Å². The van der Waals surface area contributed by atoms with Gasteiger partial charge in [-0.2, -0.15) is 0 Å². The highest BCUT2D eigenvalue weighted by atomic mass is 33.5. The lowest BCUT2D eigenvalue weighted by Gasteiger charge is -2.24. The number of nitrogens with zero attached hydrogens (tertiary/aromatic N) is 2. The summed E-state index contributed by atoms with van der Waals surface area (Å²) < 4.78 is 11.2. The summed E-state index contributed by atoms with van der Waals surface area (Å²) in [7, 11) is 11.2. The highest BCUT2D eigenvalue weighted by Crippen LogP contribution is 2.38. The number of rotatable bonds is 52. The van der Waals surface area contributed by atoms with E-state index in [2.05, 4.69) is 32.6 Å². The first-order valence-corrected chi connectivity index (χ1v) is 33.4. The van der Waals surface area contributed by atoms with Gasteiger partial charge in [0.25, 0.3) is 0 Å². The Labute approximate surface area is 412 Å². The van der Waals surface area contributed by atoms with Gasteiger partial charge in [-0.05, 0) is 76.7 Å². The quantitative estimate of drug-likeness (QED) is 0.0344. The molecule has 0 aromatic heterocycles. The van der Waals surface area contributed by atoms with Crippen LogP contribution in [0.2, 0.25) is 0 Å². The van der Waals surface area contributed by atoms with Crippen molar-refractivity contribution in [1.29, 1.82) is 0 Å². The van der Waals surface area contributed by atoms with Crippen molar-refractivity contribution in [2.75, 3.05) is 88.7 Å². The van der Waals surface area contributed by atoms with Crippen LogP contribution in [0.15, 0.2) is 0 Å². The van der Waals surface area contributed by atoms with Crippen molar-refractivity contribution >= 4 is 74.8 Å². The SMILES string of the molecule is CCCCCCCCC(CCCCCC)CSSSCCOC(=O)CCN(CCCN(CCO)CCO)CCC(=O)OCCSSSCC(CCCCCC)CCCCCCCC. The zero-order chi connectivity index (χ0) is 46.1. The fraction of sp³-hybridized carbons (Fsp3) is 0.959. The molecule has 0 rings (SSSR count). The van der Waals surface area contributed by atoms with Crippen LogP contribution in [0.25, 0.3) is 0 Å². The normalized spacial score (nSPS) is 12.7. The molecule has 8 nitrogen and oxygen atoms in total. The van der Waals surface area contributed by atoms with Gasteiger partial charge in [-0.3, -0.25) is 14.5 Å². The van der Waals surface area contributed by atoms with E-state index in [1.807, 2.05) is 46.1 Å². The lowest BCUT2D eigenvalue weighted by molar-refractivity contribution is -0.143. The molecule has 0 aliphatic heterocycles. The fourth-order valence-electron chi connectivity index (χ4n) is 7.65. The zero-order valence-electron chi connectivity index (χ0n) is 41.0. The van der Waals surface area contributed by atoms with Gasteiger partial charge < -0.3 is 24.6 Å². The van der Waals surface area contributed by atoms with E-state index in [1.54, 1.807) is 21.6 Å². The van der Waals surface area contributed by atoms with Gasteiger partial charge in [-0.25, -0.2) is 0 Å². The van der Waals surface area contributed by atoms with Gasteiger partial charge in [0.05, 0.1) is 26.1 Å². The van der Waals surface area contributed by atoms with Crippen molar-refractivity contribution < 1.29 is 29.3 Å². The fourth-order valence-corrected chi connectivity index (χ4v) is 15.5. The van der Waals surface area contributed by atoms with Crippen molar-refractivity contribution in [3.63, 3.8) is 0 Å².